The van der Waals surface area contributed by atoms with Gasteiger partial charge in [-0.25, -0.2) is 4.39 Å². The maximum Gasteiger partial charge on any atom is 0.127 e. The van der Waals surface area contributed by atoms with Crippen molar-refractivity contribution in [3.05, 3.63) is 52.8 Å². The zero-order valence-electron chi connectivity index (χ0n) is 7.74. The second-order valence-electron chi connectivity index (χ2n) is 3.20. The fourth-order valence-electron chi connectivity index (χ4n) is 1.38. The Morgan fingerprint density at radius 3 is 2.20 bits per heavy atom. The first-order valence-corrected chi connectivity index (χ1v) is 5.20. The number of hydrogen-bond donors (Lipinski definition) is 1. The number of aromatic hydroxyl groups is 1. The van der Waals surface area contributed by atoms with Crippen LogP contribution in [0.1, 0.15) is 0 Å². The highest BCUT2D eigenvalue weighted by atomic mass is 79.9. The molecule has 2 aromatic carbocycles. The Hall–Kier alpha value is -1.35. The molecule has 0 aromatic heterocycles. The molecule has 0 fully saturated rings. The molecule has 76 valence electrons. The molecule has 2 rings (SSSR count). The summed E-state index contributed by atoms with van der Waals surface area (Å²) in [5.74, 6) is -0.499. The highest BCUT2D eigenvalue weighted by molar-refractivity contribution is 9.10. The normalized spacial score (nSPS) is 10.3. The Kier molecular flexibility index (Phi) is 2.73. The summed E-state index contributed by atoms with van der Waals surface area (Å²) in [5, 5.41) is 9.26. The summed E-state index contributed by atoms with van der Waals surface area (Å²) in [4.78, 5) is 0. The van der Waals surface area contributed by atoms with Gasteiger partial charge < -0.3 is 5.11 Å². The molecular weight excluding hydrogens is 259 g/mol. The minimum absolute atomic E-state index is 0.0621. The smallest absolute Gasteiger partial charge is 0.127 e. The van der Waals surface area contributed by atoms with E-state index in [9.17, 15) is 9.50 Å². The molecule has 1 nitrogen and oxygen atoms in total. The van der Waals surface area contributed by atoms with Gasteiger partial charge in [0.05, 0.1) is 0 Å². The van der Waals surface area contributed by atoms with Gasteiger partial charge in [-0.3, -0.25) is 0 Å². The summed E-state index contributed by atoms with van der Waals surface area (Å²) >= 11 is 3.32. The fourth-order valence-corrected chi connectivity index (χ4v) is 1.65. The Morgan fingerprint density at radius 1 is 0.933 bits per heavy atom. The molecule has 0 saturated heterocycles. The van der Waals surface area contributed by atoms with Crippen LogP contribution in [0.3, 0.4) is 0 Å². The van der Waals surface area contributed by atoms with E-state index in [1.807, 2.05) is 24.3 Å². The number of rotatable bonds is 1. The fraction of sp³-hybridized carbons (Fsp3) is 0. The Labute approximate surface area is 95.3 Å². The van der Waals surface area contributed by atoms with Gasteiger partial charge in [0.2, 0.25) is 0 Å². The average molecular weight is 267 g/mol. The number of phenols is 1. The summed E-state index contributed by atoms with van der Waals surface area (Å²) in [6.07, 6.45) is 0. The molecule has 0 aliphatic rings. The summed E-state index contributed by atoms with van der Waals surface area (Å²) in [6, 6.07) is 11.5. The number of hydrogen-bond acceptors (Lipinski definition) is 1. The second-order valence-corrected chi connectivity index (χ2v) is 4.12. The Morgan fingerprint density at radius 2 is 1.60 bits per heavy atom. The van der Waals surface area contributed by atoms with Crippen molar-refractivity contribution in [1.29, 1.82) is 0 Å². The zero-order chi connectivity index (χ0) is 10.8. The molecule has 1 N–H and O–H groups in total. The molecule has 0 heterocycles. The third-order valence-electron chi connectivity index (χ3n) is 2.06. The van der Waals surface area contributed by atoms with Gasteiger partial charge in [0.15, 0.2) is 0 Å². The van der Waals surface area contributed by atoms with E-state index in [1.54, 1.807) is 0 Å². The minimum atomic E-state index is -0.437. The molecule has 15 heavy (non-hydrogen) atoms. The monoisotopic (exact) mass is 266 g/mol. The largest absolute Gasteiger partial charge is 0.508 e. The highest BCUT2D eigenvalue weighted by Crippen LogP contribution is 2.25. The van der Waals surface area contributed by atoms with Crippen LogP contribution >= 0.6 is 15.9 Å². The summed E-state index contributed by atoms with van der Waals surface area (Å²) in [5.41, 5.74) is 1.54. The maximum absolute atomic E-state index is 13.0. The molecule has 2 aromatic rings. The van der Waals surface area contributed by atoms with Crippen LogP contribution in [-0.2, 0) is 0 Å². The molecule has 0 atom stereocenters. The molecule has 0 aliphatic heterocycles. The standard InChI is InChI=1S/C12H8BrFO/c13-10-3-1-8(2-4-10)9-5-11(14)7-12(15)6-9/h1-7,15H. The van der Waals surface area contributed by atoms with Crippen LogP contribution in [0.5, 0.6) is 5.75 Å². The molecule has 0 unspecified atom stereocenters. The van der Waals surface area contributed by atoms with Crippen molar-refractivity contribution in [3.8, 4) is 16.9 Å². The first-order valence-electron chi connectivity index (χ1n) is 4.40. The van der Waals surface area contributed by atoms with Crippen LogP contribution in [0.15, 0.2) is 46.9 Å². The lowest BCUT2D eigenvalue weighted by Gasteiger charge is -2.03. The molecular formula is C12H8BrFO. The van der Waals surface area contributed by atoms with Crippen LogP contribution < -0.4 is 0 Å². The molecule has 0 amide bonds. The summed E-state index contributed by atoms with van der Waals surface area (Å²) in [7, 11) is 0. The van der Waals surface area contributed by atoms with Gasteiger partial charge in [0.25, 0.3) is 0 Å². The number of halogens is 2. The predicted molar refractivity (Wildman–Crippen MR) is 61.2 cm³/mol. The van der Waals surface area contributed by atoms with Crippen LogP contribution in [0, 0.1) is 5.82 Å². The van der Waals surface area contributed by atoms with E-state index < -0.39 is 5.82 Å². The quantitative estimate of drug-likeness (QED) is 0.829. The third kappa shape index (κ3) is 2.36. The first-order chi connectivity index (χ1) is 7.15. The van der Waals surface area contributed by atoms with Gasteiger partial charge in [0, 0.05) is 10.5 Å². The number of phenolic OH excluding ortho intramolecular Hbond substituents is 1. The summed E-state index contributed by atoms with van der Waals surface area (Å²) in [6.45, 7) is 0. The van der Waals surface area contributed by atoms with E-state index in [0.717, 1.165) is 16.1 Å². The van der Waals surface area contributed by atoms with Gasteiger partial charge in [-0.15, -0.1) is 0 Å². The zero-order valence-corrected chi connectivity index (χ0v) is 9.33. The predicted octanol–water partition coefficient (Wildman–Crippen LogP) is 3.96. The topological polar surface area (TPSA) is 20.2 Å². The number of benzene rings is 2. The molecule has 3 heteroatoms. The maximum atomic E-state index is 13.0. The van der Waals surface area contributed by atoms with E-state index in [4.69, 9.17) is 0 Å². The lowest BCUT2D eigenvalue weighted by Crippen LogP contribution is -1.80. The van der Waals surface area contributed by atoms with Crippen LogP contribution in [0.2, 0.25) is 0 Å². The van der Waals surface area contributed by atoms with Crippen molar-refractivity contribution in [2.45, 2.75) is 0 Å². The van der Waals surface area contributed by atoms with Crippen LogP contribution in [-0.4, -0.2) is 5.11 Å². The Bertz CT molecular complexity index is 459. The third-order valence-corrected chi connectivity index (χ3v) is 2.59. The van der Waals surface area contributed by atoms with E-state index >= 15 is 0 Å². The minimum Gasteiger partial charge on any atom is -0.508 e. The van der Waals surface area contributed by atoms with Crippen molar-refractivity contribution >= 4 is 15.9 Å². The van der Waals surface area contributed by atoms with E-state index in [2.05, 4.69) is 15.9 Å². The van der Waals surface area contributed by atoms with Crippen LogP contribution in [0.4, 0.5) is 4.39 Å². The molecule has 0 saturated carbocycles. The molecule has 0 radical (unpaired) electrons. The highest BCUT2D eigenvalue weighted by Gasteiger charge is 2.02. The molecule has 0 aliphatic carbocycles. The Balaban J connectivity index is 2.49. The van der Waals surface area contributed by atoms with Crippen molar-refractivity contribution < 1.29 is 9.50 Å². The van der Waals surface area contributed by atoms with Gasteiger partial charge >= 0.3 is 0 Å². The van der Waals surface area contributed by atoms with Gasteiger partial charge in [-0.05, 0) is 35.4 Å². The molecule has 0 bridgehead atoms. The van der Waals surface area contributed by atoms with Crippen molar-refractivity contribution in [3.63, 3.8) is 0 Å². The lowest BCUT2D eigenvalue weighted by molar-refractivity contribution is 0.469. The second kappa shape index (κ2) is 4.03. The van der Waals surface area contributed by atoms with E-state index in [1.165, 1.54) is 12.1 Å². The van der Waals surface area contributed by atoms with E-state index in [0.29, 0.717) is 5.56 Å². The van der Waals surface area contributed by atoms with Crippen molar-refractivity contribution in [2.24, 2.45) is 0 Å². The van der Waals surface area contributed by atoms with Gasteiger partial charge in [-0.2, -0.15) is 0 Å². The van der Waals surface area contributed by atoms with E-state index in [-0.39, 0.29) is 5.75 Å². The van der Waals surface area contributed by atoms with Crippen LogP contribution in [0.25, 0.3) is 11.1 Å². The lowest BCUT2D eigenvalue weighted by atomic mass is 10.1. The van der Waals surface area contributed by atoms with Gasteiger partial charge in [0.1, 0.15) is 11.6 Å². The van der Waals surface area contributed by atoms with Crippen molar-refractivity contribution in [1.82, 2.24) is 0 Å². The van der Waals surface area contributed by atoms with Crippen molar-refractivity contribution in [2.75, 3.05) is 0 Å². The molecule has 0 spiro atoms. The van der Waals surface area contributed by atoms with Gasteiger partial charge in [-0.1, -0.05) is 28.1 Å². The average Bonchev–Trinajstić information content (AvgIpc) is 2.17. The first kappa shape index (κ1) is 10.2. The SMILES string of the molecule is Oc1cc(F)cc(-c2ccc(Br)cc2)c1. The summed E-state index contributed by atoms with van der Waals surface area (Å²) < 4.78 is 14.0.